The summed E-state index contributed by atoms with van der Waals surface area (Å²) >= 11 is 0. The molecule has 0 spiro atoms. The van der Waals surface area contributed by atoms with E-state index >= 15 is 0 Å². The molecule has 0 aliphatic heterocycles. The van der Waals surface area contributed by atoms with E-state index in [4.69, 9.17) is 4.74 Å². The first-order chi connectivity index (χ1) is 16.1. The van der Waals surface area contributed by atoms with E-state index in [0.717, 1.165) is 23.5 Å². The Bertz CT molecular complexity index is 1450. The molecule has 2 aromatic carbocycles. The number of rotatable bonds is 5. The number of hydrogen-bond donors (Lipinski definition) is 2. The Hall–Kier alpha value is -4.66. The number of pyridine rings is 2. The Labute approximate surface area is 186 Å². The van der Waals surface area contributed by atoms with Gasteiger partial charge in [0.25, 0.3) is 5.91 Å². The number of carbonyl (C=O) groups excluding carboxylic acids is 1. The molecule has 3 aromatic heterocycles. The van der Waals surface area contributed by atoms with Crippen LogP contribution >= 0.6 is 0 Å². The highest BCUT2D eigenvalue weighted by atomic mass is 19.1. The van der Waals surface area contributed by atoms with Gasteiger partial charge in [0, 0.05) is 17.1 Å². The molecule has 162 valence electrons. The Balaban J connectivity index is 1.46. The summed E-state index contributed by atoms with van der Waals surface area (Å²) in [4.78, 5) is 20.4. The number of halogens is 2. The number of para-hydroxylation sites is 1. The molecular formula is C24H15F2N5O2. The highest BCUT2D eigenvalue weighted by molar-refractivity contribution is 6.11. The molecule has 0 aliphatic carbocycles. The van der Waals surface area contributed by atoms with Crippen molar-refractivity contribution >= 4 is 22.5 Å². The summed E-state index contributed by atoms with van der Waals surface area (Å²) in [5.41, 5.74) is 1.50. The van der Waals surface area contributed by atoms with Crippen molar-refractivity contribution in [1.82, 2.24) is 20.2 Å². The van der Waals surface area contributed by atoms with Gasteiger partial charge in [0.15, 0.2) is 17.3 Å². The van der Waals surface area contributed by atoms with Crippen LogP contribution < -0.4 is 10.1 Å². The minimum atomic E-state index is -0.981. The van der Waals surface area contributed by atoms with Gasteiger partial charge in [0.1, 0.15) is 17.2 Å². The second kappa shape index (κ2) is 8.46. The predicted molar refractivity (Wildman–Crippen MR) is 118 cm³/mol. The molecular weight excluding hydrogens is 428 g/mol. The molecule has 0 unspecified atom stereocenters. The Kier molecular flexibility index (Phi) is 5.19. The number of nitrogens with one attached hydrogen (secondary N) is 2. The largest absolute Gasteiger partial charge is 0.456 e. The van der Waals surface area contributed by atoms with Crippen molar-refractivity contribution in [3.05, 3.63) is 96.7 Å². The third-order valence-corrected chi connectivity index (χ3v) is 4.90. The van der Waals surface area contributed by atoms with Gasteiger partial charge in [-0.2, -0.15) is 5.10 Å². The molecule has 3 heterocycles. The maximum atomic E-state index is 13.9. The summed E-state index contributed by atoms with van der Waals surface area (Å²) in [7, 11) is 0. The standard InChI is InChI=1S/C24H15F2N5O2/c25-19-12-28-13-20(26)23(19)29-24(32)22-18-9-14(6-7-21(18)30-31-22)15-8-17(11-27-10-15)33-16-4-2-1-3-5-16/h1-13H,(H,30,31)(H,28,29,32). The molecule has 0 saturated carbocycles. The number of hydrogen-bond acceptors (Lipinski definition) is 5. The monoisotopic (exact) mass is 443 g/mol. The fourth-order valence-corrected chi connectivity index (χ4v) is 3.33. The lowest BCUT2D eigenvalue weighted by Gasteiger charge is -2.08. The number of benzene rings is 2. The van der Waals surface area contributed by atoms with E-state index in [2.05, 4.69) is 25.5 Å². The summed E-state index contributed by atoms with van der Waals surface area (Å²) in [6, 6.07) is 16.5. The highest BCUT2D eigenvalue weighted by Crippen LogP contribution is 2.29. The third kappa shape index (κ3) is 4.11. The van der Waals surface area contributed by atoms with E-state index in [-0.39, 0.29) is 5.69 Å². The highest BCUT2D eigenvalue weighted by Gasteiger charge is 2.19. The van der Waals surface area contributed by atoms with Crippen molar-refractivity contribution in [3.8, 4) is 22.6 Å². The molecule has 9 heteroatoms. The van der Waals surface area contributed by atoms with E-state index < -0.39 is 23.2 Å². The smallest absolute Gasteiger partial charge is 0.276 e. The Morgan fingerprint density at radius 1 is 0.848 bits per heavy atom. The molecule has 33 heavy (non-hydrogen) atoms. The van der Waals surface area contributed by atoms with Crippen LogP contribution in [0.15, 0.2) is 79.4 Å². The van der Waals surface area contributed by atoms with Crippen LogP contribution in [-0.2, 0) is 0 Å². The normalized spacial score (nSPS) is 10.8. The van der Waals surface area contributed by atoms with E-state index in [1.807, 2.05) is 42.5 Å². The second-order valence-corrected chi connectivity index (χ2v) is 7.09. The van der Waals surface area contributed by atoms with Crippen molar-refractivity contribution in [2.75, 3.05) is 5.32 Å². The molecule has 0 radical (unpaired) electrons. The summed E-state index contributed by atoms with van der Waals surface area (Å²) < 4.78 is 33.6. The van der Waals surface area contributed by atoms with Crippen LogP contribution in [0.25, 0.3) is 22.0 Å². The van der Waals surface area contributed by atoms with Crippen LogP contribution in [-0.4, -0.2) is 26.1 Å². The molecule has 0 fully saturated rings. The number of anilines is 1. The van der Waals surface area contributed by atoms with Gasteiger partial charge < -0.3 is 10.1 Å². The number of aromatic amines is 1. The number of ether oxygens (including phenoxy) is 1. The zero-order valence-corrected chi connectivity index (χ0v) is 16.9. The van der Waals surface area contributed by atoms with E-state index in [1.54, 1.807) is 24.5 Å². The Morgan fingerprint density at radius 2 is 1.61 bits per heavy atom. The lowest BCUT2D eigenvalue weighted by Crippen LogP contribution is -2.15. The first kappa shape index (κ1) is 20.3. The molecule has 0 saturated heterocycles. The summed E-state index contributed by atoms with van der Waals surface area (Å²) in [5.74, 6) is -1.50. The van der Waals surface area contributed by atoms with Gasteiger partial charge >= 0.3 is 0 Å². The van der Waals surface area contributed by atoms with Crippen LogP contribution in [0.1, 0.15) is 10.5 Å². The molecule has 0 atom stereocenters. The Morgan fingerprint density at radius 3 is 2.39 bits per heavy atom. The van der Waals surface area contributed by atoms with E-state index in [0.29, 0.717) is 22.4 Å². The predicted octanol–water partition coefficient (Wildman–Crippen LogP) is 5.34. The van der Waals surface area contributed by atoms with Crippen LogP contribution in [0, 0.1) is 11.6 Å². The molecule has 1 amide bonds. The summed E-state index contributed by atoms with van der Waals surface area (Å²) in [6.07, 6.45) is 4.90. The number of fused-ring (bicyclic) bond motifs is 1. The van der Waals surface area contributed by atoms with E-state index in [1.165, 1.54) is 0 Å². The van der Waals surface area contributed by atoms with Gasteiger partial charge in [0.2, 0.25) is 0 Å². The van der Waals surface area contributed by atoms with Crippen molar-refractivity contribution in [2.45, 2.75) is 0 Å². The zero-order chi connectivity index (χ0) is 22.8. The maximum Gasteiger partial charge on any atom is 0.276 e. The molecule has 5 aromatic rings. The minimum absolute atomic E-state index is 0.00730. The molecule has 2 N–H and O–H groups in total. The molecule has 0 aliphatic rings. The number of nitrogens with zero attached hydrogens (tertiary/aromatic N) is 3. The number of amides is 1. The minimum Gasteiger partial charge on any atom is -0.456 e. The topological polar surface area (TPSA) is 92.8 Å². The summed E-state index contributed by atoms with van der Waals surface area (Å²) in [5, 5.41) is 9.48. The van der Waals surface area contributed by atoms with Crippen molar-refractivity contribution in [2.24, 2.45) is 0 Å². The number of H-pyrrole nitrogens is 1. The van der Waals surface area contributed by atoms with Gasteiger partial charge in [-0.3, -0.25) is 19.9 Å². The SMILES string of the molecule is O=C(Nc1c(F)cncc1F)c1n[nH]c2ccc(-c3cncc(Oc4ccccc4)c3)cc12. The molecule has 5 rings (SSSR count). The van der Waals surface area contributed by atoms with Crippen molar-refractivity contribution in [3.63, 3.8) is 0 Å². The van der Waals surface area contributed by atoms with Crippen molar-refractivity contribution in [1.29, 1.82) is 0 Å². The fraction of sp³-hybridized carbons (Fsp3) is 0. The number of aromatic nitrogens is 4. The first-order valence-electron chi connectivity index (χ1n) is 9.85. The van der Waals surface area contributed by atoms with E-state index in [9.17, 15) is 13.6 Å². The molecule has 0 bridgehead atoms. The number of carbonyl (C=O) groups is 1. The maximum absolute atomic E-state index is 13.9. The molecule has 7 nitrogen and oxygen atoms in total. The quantitative estimate of drug-likeness (QED) is 0.382. The van der Waals surface area contributed by atoms with Crippen molar-refractivity contribution < 1.29 is 18.3 Å². The van der Waals surface area contributed by atoms with Gasteiger partial charge in [0.05, 0.1) is 24.1 Å². The van der Waals surface area contributed by atoms with Crippen LogP contribution in [0.5, 0.6) is 11.5 Å². The lowest BCUT2D eigenvalue weighted by molar-refractivity contribution is 0.102. The van der Waals surface area contributed by atoms with Crippen LogP contribution in [0.4, 0.5) is 14.5 Å². The average molecular weight is 443 g/mol. The van der Waals surface area contributed by atoms with Crippen LogP contribution in [0.3, 0.4) is 0 Å². The average Bonchev–Trinajstić information content (AvgIpc) is 3.26. The first-order valence-corrected chi connectivity index (χ1v) is 9.85. The third-order valence-electron chi connectivity index (χ3n) is 4.90. The summed E-state index contributed by atoms with van der Waals surface area (Å²) in [6.45, 7) is 0. The van der Waals surface area contributed by atoms with Gasteiger partial charge in [-0.15, -0.1) is 0 Å². The fourth-order valence-electron chi connectivity index (χ4n) is 3.33. The second-order valence-electron chi connectivity index (χ2n) is 7.09. The van der Waals surface area contributed by atoms with Gasteiger partial charge in [-0.05, 0) is 35.9 Å². The van der Waals surface area contributed by atoms with Gasteiger partial charge in [-0.25, -0.2) is 8.78 Å². The van der Waals surface area contributed by atoms with Crippen LogP contribution in [0.2, 0.25) is 0 Å². The zero-order valence-electron chi connectivity index (χ0n) is 16.9. The lowest BCUT2D eigenvalue weighted by atomic mass is 10.0. The van der Waals surface area contributed by atoms with Gasteiger partial charge in [-0.1, -0.05) is 24.3 Å².